The molecule has 0 saturated heterocycles. The molecule has 0 unspecified atom stereocenters. The Hall–Kier alpha value is -2.09. The Balaban J connectivity index is 2.23. The molecular weight excluding hydrogens is 208 g/mol. The molecule has 84 valence electrons. The summed E-state index contributed by atoms with van der Waals surface area (Å²) in [6, 6.07) is 10.7. The lowest BCUT2D eigenvalue weighted by molar-refractivity contribution is 1.15. The van der Waals surface area contributed by atoms with Gasteiger partial charge in [-0.3, -0.25) is 0 Å². The first-order chi connectivity index (χ1) is 8.25. The number of pyridine rings is 1. The highest BCUT2D eigenvalue weighted by Crippen LogP contribution is 2.25. The summed E-state index contributed by atoms with van der Waals surface area (Å²) in [6.07, 6.45) is 5.83. The first-order valence-electron chi connectivity index (χ1n) is 5.74. The second kappa shape index (κ2) is 3.74. The van der Waals surface area contributed by atoms with E-state index >= 15 is 0 Å². The molecule has 0 atom stereocenters. The van der Waals surface area contributed by atoms with E-state index in [0.29, 0.717) is 0 Å². The van der Waals surface area contributed by atoms with Crippen molar-refractivity contribution in [2.45, 2.75) is 13.8 Å². The highest BCUT2D eigenvalue weighted by molar-refractivity contribution is 5.69. The van der Waals surface area contributed by atoms with Crippen molar-refractivity contribution >= 4 is 5.52 Å². The number of aryl methyl sites for hydroxylation is 1. The van der Waals surface area contributed by atoms with E-state index in [1.54, 1.807) is 0 Å². The van der Waals surface area contributed by atoms with Gasteiger partial charge in [-0.15, -0.1) is 0 Å². The summed E-state index contributed by atoms with van der Waals surface area (Å²) in [6.45, 7) is 4.32. The predicted molar refractivity (Wildman–Crippen MR) is 70.1 cm³/mol. The van der Waals surface area contributed by atoms with E-state index in [4.69, 9.17) is 0 Å². The van der Waals surface area contributed by atoms with Crippen LogP contribution in [0.4, 0.5) is 0 Å². The second-order valence-electron chi connectivity index (χ2n) is 4.39. The first-order valence-corrected chi connectivity index (χ1v) is 5.74. The Labute approximate surface area is 101 Å². The third-order valence-corrected chi connectivity index (χ3v) is 3.32. The number of rotatable bonds is 1. The van der Waals surface area contributed by atoms with Crippen LogP contribution in [0, 0.1) is 13.8 Å². The number of aromatic nitrogens is 2. The molecule has 17 heavy (non-hydrogen) atoms. The van der Waals surface area contributed by atoms with Gasteiger partial charge in [-0.25, -0.2) is 4.98 Å². The summed E-state index contributed by atoms with van der Waals surface area (Å²) in [5.41, 5.74) is 6.32. The first kappa shape index (κ1) is 10.1. The maximum absolute atomic E-state index is 4.14. The third-order valence-electron chi connectivity index (χ3n) is 3.32. The fourth-order valence-electron chi connectivity index (χ4n) is 2.14. The van der Waals surface area contributed by atoms with Crippen LogP contribution in [0.5, 0.6) is 0 Å². The van der Waals surface area contributed by atoms with Crippen LogP contribution in [-0.4, -0.2) is 9.38 Å². The van der Waals surface area contributed by atoms with Crippen LogP contribution in [0.25, 0.3) is 16.6 Å². The van der Waals surface area contributed by atoms with E-state index in [1.165, 1.54) is 22.3 Å². The summed E-state index contributed by atoms with van der Waals surface area (Å²) in [7, 11) is 0. The third kappa shape index (κ3) is 1.62. The fourth-order valence-corrected chi connectivity index (χ4v) is 2.14. The van der Waals surface area contributed by atoms with Crippen molar-refractivity contribution in [1.82, 2.24) is 9.38 Å². The van der Waals surface area contributed by atoms with Crippen molar-refractivity contribution in [3.8, 4) is 11.1 Å². The molecule has 0 aliphatic carbocycles. The molecule has 1 aromatic carbocycles. The zero-order valence-electron chi connectivity index (χ0n) is 10.0. The molecule has 2 aromatic heterocycles. The maximum atomic E-state index is 4.14. The lowest BCUT2D eigenvalue weighted by Gasteiger charge is -2.09. The summed E-state index contributed by atoms with van der Waals surface area (Å²) in [4.78, 5) is 4.14. The predicted octanol–water partition coefficient (Wildman–Crippen LogP) is 3.62. The molecule has 0 spiro atoms. The molecule has 3 rings (SSSR count). The Bertz CT molecular complexity index is 680. The molecule has 0 aliphatic rings. The lowest BCUT2D eigenvalue weighted by Crippen LogP contribution is -1.89. The van der Waals surface area contributed by atoms with Gasteiger partial charge < -0.3 is 4.40 Å². The molecule has 0 bridgehead atoms. The summed E-state index contributed by atoms with van der Waals surface area (Å²) in [5, 5.41) is 0. The van der Waals surface area contributed by atoms with Crippen LogP contribution in [0.1, 0.15) is 11.1 Å². The van der Waals surface area contributed by atoms with Crippen molar-refractivity contribution in [2.75, 3.05) is 0 Å². The van der Waals surface area contributed by atoms with E-state index in [9.17, 15) is 0 Å². The highest BCUT2D eigenvalue weighted by atomic mass is 15.0. The monoisotopic (exact) mass is 222 g/mol. The van der Waals surface area contributed by atoms with Gasteiger partial charge in [-0.05, 0) is 42.2 Å². The highest BCUT2D eigenvalue weighted by Gasteiger charge is 2.04. The van der Waals surface area contributed by atoms with Crippen LogP contribution in [0.3, 0.4) is 0 Å². The Morgan fingerprint density at radius 1 is 1.06 bits per heavy atom. The zero-order valence-corrected chi connectivity index (χ0v) is 10.0. The minimum absolute atomic E-state index is 1.12. The van der Waals surface area contributed by atoms with Gasteiger partial charge in [-0.2, -0.15) is 0 Å². The number of benzene rings is 1. The molecule has 0 fully saturated rings. The second-order valence-corrected chi connectivity index (χ2v) is 4.39. The number of imidazole rings is 1. The van der Waals surface area contributed by atoms with E-state index in [0.717, 1.165) is 5.52 Å². The number of nitrogens with zero attached hydrogens (tertiary/aromatic N) is 2. The Morgan fingerprint density at radius 3 is 2.82 bits per heavy atom. The topological polar surface area (TPSA) is 17.3 Å². The standard InChI is InChI=1S/C15H14N2/c1-11-4-3-5-15(12(11)2)13-6-7-14-8-16-10-17(14)9-13/h3-10H,1-2H3. The van der Waals surface area contributed by atoms with Crippen molar-refractivity contribution in [2.24, 2.45) is 0 Å². The smallest absolute Gasteiger partial charge is 0.0992 e. The van der Waals surface area contributed by atoms with E-state index in [-0.39, 0.29) is 0 Å². The summed E-state index contributed by atoms with van der Waals surface area (Å²) < 4.78 is 2.05. The van der Waals surface area contributed by atoms with E-state index < -0.39 is 0 Å². The average molecular weight is 222 g/mol. The Morgan fingerprint density at radius 2 is 1.94 bits per heavy atom. The molecular formula is C15H14N2. The molecule has 3 aromatic rings. The lowest BCUT2D eigenvalue weighted by atomic mass is 9.98. The van der Waals surface area contributed by atoms with Gasteiger partial charge in [0.2, 0.25) is 0 Å². The van der Waals surface area contributed by atoms with E-state index in [1.807, 2.05) is 12.5 Å². The SMILES string of the molecule is Cc1cccc(-c2ccc3cncn3c2)c1C. The Kier molecular flexibility index (Phi) is 2.22. The van der Waals surface area contributed by atoms with Gasteiger partial charge in [0.25, 0.3) is 0 Å². The normalized spacial score (nSPS) is 10.9. The van der Waals surface area contributed by atoms with Gasteiger partial charge >= 0.3 is 0 Å². The minimum atomic E-state index is 1.12. The zero-order chi connectivity index (χ0) is 11.8. The molecule has 2 heteroatoms. The van der Waals surface area contributed by atoms with Crippen LogP contribution in [0.15, 0.2) is 49.1 Å². The van der Waals surface area contributed by atoms with Crippen molar-refractivity contribution in [3.63, 3.8) is 0 Å². The van der Waals surface area contributed by atoms with Gasteiger partial charge in [0.15, 0.2) is 0 Å². The van der Waals surface area contributed by atoms with Gasteiger partial charge in [0.1, 0.15) is 0 Å². The molecule has 0 aliphatic heterocycles. The van der Waals surface area contributed by atoms with Crippen LogP contribution in [0.2, 0.25) is 0 Å². The van der Waals surface area contributed by atoms with Crippen LogP contribution < -0.4 is 0 Å². The quantitative estimate of drug-likeness (QED) is 0.614. The van der Waals surface area contributed by atoms with E-state index in [2.05, 4.69) is 59.8 Å². The number of hydrogen-bond donors (Lipinski definition) is 0. The molecule has 0 radical (unpaired) electrons. The van der Waals surface area contributed by atoms with Crippen molar-refractivity contribution < 1.29 is 0 Å². The van der Waals surface area contributed by atoms with Gasteiger partial charge in [0.05, 0.1) is 18.0 Å². The van der Waals surface area contributed by atoms with Crippen molar-refractivity contribution in [3.05, 3.63) is 60.2 Å². The molecule has 0 amide bonds. The van der Waals surface area contributed by atoms with Gasteiger partial charge in [-0.1, -0.05) is 24.3 Å². The van der Waals surface area contributed by atoms with Gasteiger partial charge in [0, 0.05) is 6.20 Å². The van der Waals surface area contributed by atoms with Crippen molar-refractivity contribution in [1.29, 1.82) is 0 Å². The average Bonchev–Trinajstić information content (AvgIpc) is 2.79. The fraction of sp³-hybridized carbons (Fsp3) is 0.133. The largest absolute Gasteiger partial charge is 0.306 e. The summed E-state index contributed by atoms with van der Waals surface area (Å²) >= 11 is 0. The molecule has 0 N–H and O–H groups in total. The molecule has 0 saturated carbocycles. The van der Waals surface area contributed by atoms with Crippen LogP contribution in [-0.2, 0) is 0 Å². The number of hydrogen-bond acceptors (Lipinski definition) is 1. The number of fused-ring (bicyclic) bond motifs is 1. The minimum Gasteiger partial charge on any atom is -0.306 e. The maximum Gasteiger partial charge on any atom is 0.0992 e. The summed E-state index contributed by atoms with van der Waals surface area (Å²) in [5.74, 6) is 0. The molecule has 2 nitrogen and oxygen atoms in total. The van der Waals surface area contributed by atoms with Crippen LogP contribution >= 0.6 is 0 Å². The molecule has 2 heterocycles.